The largest absolute Gasteiger partial charge is 0.350 e. The summed E-state index contributed by atoms with van der Waals surface area (Å²) in [5.41, 5.74) is 4.23. The molecule has 4 heteroatoms. The molecular weight excluding hydrogens is 296 g/mol. The van der Waals surface area contributed by atoms with Crippen LogP contribution in [0.15, 0.2) is 42.5 Å². The molecule has 2 N–H and O–H groups in total. The molecule has 1 amide bonds. The van der Waals surface area contributed by atoms with E-state index in [4.69, 9.17) is 11.6 Å². The SMILES string of the molecule is Cc1cc(Cl)cc(C(=O)NCC2NCCc3ccccc32)c1. The average Bonchev–Trinajstić information content (AvgIpc) is 2.51. The lowest BCUT2D eigenvalue weighted by molar-refractivity contribution is 0.0949. The minimum Gasteiger partial charge on any atom is -0.350 e. The third kappa shape index (κ3) is 3.32. The van der Waals surface area contributed by atoms with Crippen LogP contribution in [0.1, 0.15) is 33.1 Å². The normalized spacial score (nSPS) is 16.9. The average molecular weight is 315 g/mol. The van der Waals surface area contributed by atoms with E-state index in [1.807, 2.05) is 25.1 Å². The number of nitrogens with one attached hydrogen (secondary N) is 2. The molecule has 0 saturated carbocycles. The monoisotopic (exact) mass is 314 g/mol. The van der Waals surface area contributed by atoms with Crippen molar-refractivity contribution < 1.29 is 4.79 Å². The van der Waals surface area contributed by atoms with E-state index in [0.717, 1.165) is 18.5 Å². The summed E-state index contributed by atoms with van der Waals surface area (Å²) in [5.74, 6) is -0.0875. The van der Waals surface area contributed by atoms with Crippen LogP contribution in [-0.4, -0.2) is 19.0 Å². The Morgan fingerprint density at radius 1 is 1.32 bits per heavy atom. The van der Waals surface area contributed by atoms with E-state index in [2.05, 4.69) is 28.8 Å². The van der Waals surface area contributed by atoms with Gasteiger partial charge in [-0.25, -0.2) is 0 Å². The second-order valence-electron chi connectivity index (χ2n) is 5.68. The highest BCUT2D eigenvalue weighted by Gasteiger charge is 2.19. The molecule has 1 aliphatic heterocycles. The Morgan fingerprint density at radius 2 is 2.14 bits per heavy atom. The summed E-state index contributed by atoms with van der Waals surface area (Å²) < 4.78 is 0. The third-order valence-corrected chi connectivity index (χ3v) is 4.20. The van der Waals surface area contributed by atoms with Crippen molar-refractivity contribution in [1.29, 1.82) is 0 Å². The van der Waals surface area contributed by atoms with E-state index >= 15 is 0 Å². The van der Waals surface area contributed by atoms with Gasteiger partial charge in [0.1, 0.15) is 0 Å². The lowest BCUT2D eigenvalue weighted by Gasteiger charge is -2.27. The highest BCUT2D eigenvalue weighted by atomic mass is 35.5. The smallest absolute Gasteiger partial charge is 0.251 e. The van der Waals surface area contributed by atoms with E-state index < -0.39 is 0 Å². The fourth-order valence-corrected chi connectivity index (χ4v) is 3.23. The van der Waals surface area contributed by atoms with Crippen molar-refractivity contribution in [3.05, 3.63) is 69.7 Å². The molecule has 1 unspecified atom stereocenters. The molecule has 22 heavy (non-hydrogen) atoms. The van der Waals surface area contributed by atoms with Crippen LogP contribution >= 0.6 is 11.6 Å². The molecule has 1 atom stereocenters. The van der Waals surface area contributed by atoms with Gasteiger partial charge in [-0.3, -0.25) is 4.79 Å². The number of rotatable bonds is 3. The van der Waals surface area contributed by atoms with E-state index in [9.17, 15) is 4.79 Å². The van der Waals surface area contributed by atoms with Crippen LogP contribution in [0.2, 0.25) is 5.02 Å². The van der Waals surface area contributed by atoms with Crippen molar-refractivity contribution in [3.63, 3.8) is 0 Å². The van der Waals surface area contributed by atoms with Crippen LogP contribution in [0.3, 0.4) is 0 Å². The number of hydrogen-bond acceptors (Lipinski definition) is 2. The highest BCUT2D eigenvalue weighted by Crippen LogP contribution is 2.22. The number of carbonyl (C=O) groups is 1. The van der Waals surface area contributed by atoms with Gasteiger partial charge < -0.3 is 10.6 Å². The Morgan fingerprint density at radius 3 is 2.95 bits per heavy atom. The van der Waals surface area contributed by atoms with Gasteiger partial charge in [0.2, 0.25) is 0 Å². The second kappa shape index (κ2) is 6.51. The van der Waals surface area contributed by atoms with Crippen LogP contribution in [0, 0.1) is 6.92 Å². The van der Waals surface area contributed by atoms with E-state index in [-0.39, 0.29) is 11.9 Å². The zero-order valence-corrected chi connectivity index (χ0v) is 13.3. The first-order valence-electron chi connectivity index (χ1n) is 7.50. The first kappa shape index (κ1) is 15.1. The lowest BCUT2D eigenvalue weighted by Crippen LogP contribution is -2.38. The molecule has 2 aromatic carbocycles. The van der Waals surface area contributed by atoms with Gasteiger partial charge in [0.25, 0.3) is 5.91 Å². The summed E-state index contributed by atoms with van der Waals surface area (Å²) in [6.45, 7) is 3.44. The lowest BCUT2D eigenvalue weighted by atomic mass is 9.94. The van der Waals surface area contributed by atoms with Gasteiger partial charge >= 0.3 is 0 Å². The topological polar surface area (TPSA) is 41.1 Å². The minimum absolute atomic E-state index is 0.0875. The second-order valence-corrected chi connectivity index (χ2v) is 6.12. The van der Waals surface area contributed by atoms with E-state index in [0.29, 0.717) is 17.1 Å². The molecular formula is C18H19ClN2O. The van der Waals surface area contributed by atoms with Crippen molar-refractivity contribution in [2.75, 3.05) is 13.1 Å². The number of fused-ring (bicyclic) bond motifs is 1. The maximum Gasteiger partial charge on any atom is 0.251 e. The molecule has 3 rings (SSSR count). The Kier molecular flexibility index (Phi) is 4.46. The molecule has 2 aromatic rings. The molecule has 0 spiro atoms. The quantitative estimate of drug-likeness (QED) is 0.913. The number of hydrogen-bond donors (Lipinski definition) is 2. The number of amides is 1. The summed E-state index contributed by atoms with van der Waals surface area (Å²) in [5, 5.41) is 7.06. The molecule has 0 fully saturated rings. The van der Waals surface area contributed by atoms with Crippen LogP contribution in [0.25, 0.3) is 0 Å². The molecule has 1 heterocycles. The van der Waals surface area contributed by atoms with Crippen molar-refractivity contribution in [1.82, 2.24) is 10.6 Å². The van der Waals surface area contributed by atoms with Gasteiger partial charge in [0, 0.05) is 23.2 Å². The van der Waals surface area contributed by atoms with Crippen LogP contribution in [0.5, 0.6) is 0 Å². The fraction of sp³-hybridized carbons (Fsp3) is 0.278. The van der Waals surface area contributed by atoms with Gasteiger partial charge in [-0.2, -0.15) is 0 Å². The fourth-order valence-electron chi connectivity index (χ4n) is 2.94. The standard InChI is InChI=1S/C18H19ClN2O/c1-12-8-14(10-15(19)9-12)18(22)21-11-17-16-5-3-2-4-13(16)6-7-20-17/h2-5,8-10,17,20H,6-7,11H2,1H3,(H,21,22). The van der Waals surface area contributed by atoms with Gasteiger partial charge in [-0.1, -0.05) is 35.9 Å². The van der Waals surface area contributed by atoms with Gasteiger partial charge in [0.15, 0.2) is 0 Å². The van der Waals surface area contributed by atoms with Gasteiger partial charge in [-0.05, 0) is 54.8 Å². The summed E-state index contributed by atoms with van der Waals surface area (Å²) in [6.07, 6.45) is 1.04. The Labute approximate surface area is 135 Å². The third-order valence-electron chi connectivity index (χ3n) is 3.99. The molecule has 3 nitrogen and oxygen atoms in total. The van der Waals surface area contributed by atoms with E-state index in [1.165, 1.54) is 11.1 Å². The van der Waals surface area contributed by atoms with Crippen LogP contribution in [0.4, 0.5) is 0 Å². The number of benzene rings is 2. The number of aryl methyl sites for hydroxylation is 1. The van der Waals surface area contributed by atoms with Crippen molar-refractivity contribution >= 4 is 17.5 Å². The molecule has 0 saturated heterocycles. The Bertz CT molecular complexity index is 679. The zero-order valence-electron chi connectivity index (χ0n) is 12.5. The highest BCUT2D eigenvalue weighted by molar-refractivity contribution is 6.31. The first-order chi connectivity index (χ1) is 10.6. The van der Waals surface area contributed by atoms with Gasteiger partial charge in [0.05, 0.1) is 0 Å². The van der Waals surface area contributed by atoms with Crippen molar-refractivity contribution in [2.45, 2.75) is 19.4 Å². The minimum atomic E-state index is -0.0875. The predicted octanol–water partition coefficient (Wildman–Crippen LogP) is 3.27. The summed E-state index contributed by atoms with van der Waals surface area (Å²) in [7, 11) is 0. The van der Waals surface area contributed by atoms with Crippen molar-refractivity contribution in [2.24, 2.45) is 0 Å². The Hall–Kier alpha value is -1.84. The zero-order chi connectivity index (χ0) is 15.5. The van der Waals surface area contributed by atoms with Crippen LogP contribution < -0.4 is 10.6 Å². The first-order valence-corrected chi connectivity index (χ1v) is 7.88. The summed E-state index contributed by atoms with van der Waals surface area (Å²) in [6, 6.07) is 13.9. The summed E-state index contributed by atoms with van der Waals surface area (Å²) in [4.78, 5) is 12.3. The maximum absolute atomic E-state index is 12.3. The Balaban J connectivity index is 1.69. The molecule has 1 aliphatic rings. The molecule has 0 aliphatic carbocycles. The number of halogens is 1. The maximum atomic E-state index is 12.3. The molecule has 0 bridgehead atoms. The summed E-state index contributed by atoms with van der Waals surface area (Å²) >= 11 is 6.02. The van der Waals surface area contributed by atoms with Crippen molar-refractivity contribution in [3.8, 4) is 0 Å². The molecule has 0 aromatic heterocycles. The van der Waals surface area contributed by atoms with Crippen LogP contribution in [-0.2, 0) is 6.42 Å². The van der Waals surface area contributed by atoms with Gasteiger partial charge in [-0.15, -0.1) is 0 Å². The van der Waals surface area contributed by atoms with E-state index in [1.54, 1.807) is 6.07 Å². The predicted molar refractivity (Wildman–Crippen MR) is 89.4 cm³/mol. The molecule has 114 valence electrons. The number of carbonyl (C=O) groups excluding carboxylic acids is 1. The molecule has 0 radical (unpaired) electrons.